The summed E-state index contributed by atoms with van der Waals surface area (Å²) in [5.41, 5.74) is 1.01. The van der Waals surface area contributed by atoms with Crippen molar-refractivity contribution >= 4 is 33.5 Å². The quantitative estimate of drug-likeness (QED) is 0.863. The smallest absolute Gasteiger partial charge is 0.310 e. The Morgan fingerprint density at radius 3 is 3.00 bits per heavy atom. The van der Waals surface area contributed by atoms with Crippen LogP contribution in [0.3, 0.4) is 0 Å². The molecule has 0 unspecified atom stereocenters. The fraction of sp³-hybridized carbons (Fsp3) is 0.467. The van der Waals surface area contributed by atoms with Crippen molar-refractivity contribution in [3.05, 3.63) is 28.2 Å². The fourth-order valence-electron chi connectivity index (χ4n) is 2.80. The molecule has 1 aromatic rings. The van der Waals surface area contributed by atoms with E-state index in [4.69, 9.17) is 4.74 Å². The maximum absolute atomic E-state index is 12.2. The summed E-state index contributed by atoms with van der Waals surface area (Å²) in [6.45, 7) is 4.38. The highest BCUT2D eigenvalue weighted by molar-refractivity contribution is 9.10. The molecule has 3 rings (SSSR count). The molecule has 1 aliphatic carbocycles. The third-order valence-corrected chi connectivity index (χ3v) is 4.41. The van der Waals surface area contributed by atoms with Gasteiger partial charge >= 0.3 is 5.97 Å². The van der Waals surface area contributed by atoms with Crippen molar-refractivity contribution in [2.75, 3.05) is 11.9 Å². The van der Waals surface area contributed by atoms with Crippen molar-refractivity contribution in [2.45, 2.75) is 25.7 Å². The van der Waals surface area contributed by atoms with E-state index in [0.29, 0.717) is 18.9 Å². The number of hydrogen-bond donors (Lipinski definition) is 1. The van der Waals surface area contributed by atoms with E-state index in [1.54, 1.807) is 0 Å². The Bertz CT molecular complexity index is 599. The van der Waals surface area contributed by atoms with Crippen molar-refractivity contribution in [2.24, 2.45) is 11.8 Å². The predicted octanol–water partition coefficient (Wildman–Crippen LogP) is 2.86. The van der Waals surface area contributed by atoms with Crippen LogP contribution in [0.4, 0.5) is 5.69 Å². The molecule has 4 nitrogen and oxygen atoms in total. The third-order valence-electron chi connectivity index (χ3n) is 3.92. The lowest BCUT2D eigenvalue weighted by molar-refractivity contribution is -0.147. The number of halogens is 1. The maximum Gasteiger partial charge on any atom is 0.310 e. The second-order valence-corrected chi connectivity index (χ2v) is 6.81. The molecular formula is C15H16BrNO3. The zero-order valence-corrected chi connectivity index (χ0v) is 13.0. The average Bonchev–Trinajstić information content (AvgIpc) is 3.08. The molecule has 1 saturated carbocycles. The van der Waals surface area contributed by atoms with E-state index in [-0.39, 0.29) is 17.8 Å². The van der Waals surface area contributed by atoms with Gasteiger partial charge in [0.15, 0.2) is 0 Å². The molecule has 20 heavy (non-hydrogen) atoms. The van der Waals surface area contributed by atoms with Crippen molar-refractivity contribution in [3.8, 4) is 0 Å². The van der Waals surface area contributed by atoms with E-state index in [2.05, 4.69) is 21.2 Å². The van der Waals surface area contributed by atoms with Gasteiger partial charge in [0, 0.05) is 10.2 Å². The Hall–Kier alpha value is -1.36. The van der Waals surface area contributed by atoms with Crippen LogP contribution in [0.25, 0.3) is 0 Å². The second-order valence-electron chi connectivity index (χ2n) is 5.90. The fourth-order valence-corrected chi connectivity index (χ4v) is 3.16. The average molecular weight is 338 g/mol. The summed E-state index contributed by atoms with van der Waals surface area (Å²) < 4.78 is 6.19. The van der Waals surface area contributed by atoms with Gasteiger partial charge in [-0.3, -0.25) is 9.59 Å². The number of fused-ring (bicyclic) bond motifs is 2. The molecule has 1 heterocycles. The predicted molar refractivity (Wildman–Crippen MR) is 78.4 cm³/mol. The number of ether oxygens (including phenoxy) is 1. The Labute approximate surface area is 126 Å². The number of nitrogens with one attached hydrogen (secondary N) is 1. The van der Waals surface area contributed by atoms with E-state index in [9.17, 15) is 9.59 Å². The number of anilines is 1. The Morgan fingerprint density at radius 2 is 2.30 bits per heavy atom. The van der Waals surface area contributed by atoms with Gasteiger partial charge in [-0.15, -0.1) is 0 Å². The number of hydrogen-bond acceptors (Lipinski definition) is 3. The molecule has 0 aromatic heterocycles. The summed E-state index contributed by atoms with van der Waals surface area (Å²) in [4.78, 5) is 24.3. The minimum Gasteiger partial charge on any atom is -0.465 e. The monoisotopic (exact) mass is 337 g/mol. The van der Waals surface area contributed by atoms with Crippen LogP contribution in [0.1, 0.15) is 25.8 Å². The van der Waals surface area contributed by atoms with Crippen molar-refractivity contribution in [1.29, 1.82) is 0 Å². The number of amides is 1. The molecule has 106 valence electrons. The van der Waals surface area contributed by atoms with Crippen molar-refractivity contribution < 1.29 is 14.3 Å². The molecular weight excluding hydrogens is 322 g/mol. The molecule has 1 amide bonds. The van der Waals surface area contributed by atoms with Gasteiger partial charge in [0.25, 0.3) is 0 Å². The van der Waals surface area contributed by atoms with Crippen LogP contribution in [0.2, 0.25) is 0 Å². The molecule has 1 aromatic carbocycles. The number of rotatable bonds is 3. The van der Waals surface area contributed by atoms with Crippen LogP contribution >= 0.6 is 15.9 Å². The molecule has 0 bridgehead atoms. The molecule has 1 aliphatic heterocycles. The zero-order valence-electron chi connectivity index (χ0n) is 11.4. The minimum atomic E-state index is -0.701. The molecule has 2 atom stereocenters. The van der Waals surface area contributed by atoms with Gasteiger partial charge in [-0.2, -0.15) is 0 Å². The van der Waals surface area contributed by atoms with E-state index < -0.39 is 5.41 Å². The summed E-state index contributed by atoms with van der Waals surface area (Å²) in [6, 6.07) is 5.66. The Morgan fingerprint density at radius 1 is 1.55 bits per heavy atom. The highest BCUT2D eigenvalue weighted by Crippen LogP contribution is 2.60. The van der Waals surface area contributed by atoms with Crippen LogP contribution in [0.15, 0.2) is 22.7 Å². The summed E-state index contributed by atoms with van der Waals surface area (Å²) >= 11 is 3.42. The number of benzene rings is 1. The highest BCUT2D eigenvalue weighted by atomic mass is 79.9. The normalized spacial score (nSPS) is 26.6. The molecule has 5 heteroatoms. The summed E-state index contributed by atoms with van der Waals surface area (Å²) in [5.74, 6) is -0.400. The number of carbonyl (C=O) groups is 2. The summed E-state index contributed by atoms with van der Waals surface area (Å²) in [5, 5.41) is 2.86. The standard InChI is InChI=1S/C15H16BrNO3/c1-8(2)7-20-13(18)11-6-15(11)10-5-9(16)3-4-12(10)17-14(15)19/h3-5,8,11H,6-7H2,1-2H3,(H,17,19)/t11-,15-/m1/s1. The highest BCUT2D eigenvalue weighted by Gasteiger charge is 2.68. The lowest BCUT2D eigenvalue weighted by Gasteiger charge is -2.10. The first-order valence-electron chi connectivity index (χ1n) is 6.73. The van der Waals surface area contributed by atoms with Crippen molar-refractivity contribution in [3.63, 3.8) is 0 Å². The Kier molecular flexibility index (Phi) is 3.12. The molecule has 0 radical (unpaired) electrons. The van der Waals surface area contributed by atoms with Gasteiger partial charge in [0.2, 0.25) is 5.91 Å². The van der Waals surface area contributed by atoms with E-state index >= 15 is 0 Å². The van der Waals surface area contributed by atoms with E-state index in [1.807, 2.05) is 32.0 Å². The van der Waals surface area contributed by atoms with E-state index in [0.717, 1.165) is 15.7 Å². The second kappa shape index (κ2) is 4.58. The van der Waals surface area contributed by atoms with Crippen LogP contribution in [-0.4, -0.2) is 18.5 Å². The lowest BCUT2D eigenvalue weighted by atomic mass is 9.95. The van der Waals surface area contributed by atoms with Gasteiger partial charge in [-0.1, -0.05) is 29.8 Å². The van der Waals surface area contributed by atoms with Crippen molar-refractivity contribution in [1.82, 2.24) is 0 Å². The topological polar surface area (TPSA) is 55.4 Å². The number of esters is 1. The van der Waals surface area contributed by atoms with Gasteiger partial charge in [0.1, 0.15) is 0 Å². The lowest BCUT2D eigenvalue weighted by Crippen LogP contribution is -2.25. The first-order valence-corrected chi connectivity index (χ1v) is 7.52. The van der Waals surface area contributed by atoms with Crippen LogP contribution in [0.5, 0.6) is 0 Å². The SMILES string of the molecule is CC(C)COC(=O)[C@H]1C[C@]12C(=O)Nc1ccc(Br)cc12. The number of carbonyl (C=O) groups excluding carboxylic acids is 2. The molecule has 0 saturated heterocycles. The molecule has 1 spiro atoms. The van der Waals surface area contributed by atoms with E-state index in [1.165, 1.54) is 0 Å². The molecule has 1 fully saturated rings. The first kappa shape index (κ1) is 13.6. The molecule has 1 N–H and O–H groups in total. The largest absolute Gasteiger partial charge is 0.465 e. The van der Waals surface area contributed by atoms with Crippen LogP contribution < -0.4 is 5.32 Å². The van der Waals surface area contributed by atoms with Crippen LogP contribution in [-0.2, 0) is 19.7 Å². The van der Waals surface area contributed by atoms with Gasteiger partial charge in [-0.05, 0) is 36.1 Å². The summed E-state index contributed by atoms with van der Waals surface area (Å²) in [6.07, 6.45) is 0.541. The van der Waals surface area contributed by atoms with Gasteiger partial charge in [-0.25, -0.2) is 0 Å². The van der Waals surface area contributed by atoms with Gasteiger partial charge in [0.05, 0.1) is 17.9 Å². The summed E-state index contributed by atoms with van der Waals surface area (Å²) in [7, 11) is 0. The maximum atomic E-state index is 12.2. The van der Waals surface area contributed by atoms with Gasteiger partial charge < -0.3 is 10.1 Å². The molecule has 2 aliphatic rings. The first-order chi connectivity index (χ1) is 9.45. The Balaban J connectivity index is 1.84. The zero-order chi connectivity index (χ0) is 14.5. The minimum absolute atomic E-state index is 0.0860. The van der Waals surface area contributed by atoms with Crippen LogP contribution in [0, 0.1) is 11.8 Å². The third kappa shape index (κ3) is 1.95.